The molecule has 0 aromatic heterocycles. The van der Waals surface area contributed by atoms with E-state index in [9.17, 15) is 14.4 Å². The molecule has 2 unspecified atom stereocenters. The number of hydroxylamine groups is 2. The third kappa shape index (κ3) is 1.12. The normalized spacial score (nSPS) is 30.9. The molecular formula is C12H12FNO3. The van der Waals surface area contributed by atoms with Gasteiger partial charge in [0.1, 0.15) is 17.0 Å². The molecule has 1 N–H and O–H groups in total. The number of fused-ring (bicyclic) bond motifs is 2. The SMILES string of the molecule is CC1N(O)C(=O)C12CCOc1ccc(F)cc12. The van der Waals surface area contributed by atoms with E-state index in [1.165, 1.54) is 18.2 Å². The van der Waals surface area contributed by atoms with Crippen LogP contribution < -0.4 is 4.74 Å². The van der Waals surface area contributed by atoms with Gasteiger partial charge in [0.15, 0.2) is 0 Å². The van der Waals surface area contributed by atoms with E-state index in [1.54, 1.807) is 6.92 Å². The highest BCUT2D eigenvalue weighted by Gasteiger charge is 2.61. The fourth-order valence-corrected chi connectivity index (χ4v) is 2.79. The molecule has 1 aromatic rings. The van der Waals surface area contributed by atoms with Gasteiger partial charge < -0.3 is 4.74 Å². The highest BCUT2D eigenvalue weighted by atomic mass is 19.1. The number of carbonyl (C=O) groups is 1. The molecule has 17 heavy (non-hydrogen) atoms. The smallest absolute Gasteiger partial charge is 0.259 e. The first-order valence-corrected chi connectivity index (χ1v) is 5.53. The van der Waals surface area contributed by atoms with Crippen LogP contribution in [0.15, 0.2) is 18.2 Å². The van der Waals surface area contributed by atoms with Gasteiger partial charge >= 0.3 is 0 Å². The molecule has 0 aliphatic carbocycles. The molecule has 1 saturated heterocycles. The highest BCUT2D eigenvalue weighted by Crippen LogP contribution is 2.49. The van der Waals surface area contributed by atoms with Crippen LogP contribution in [0.4, 0.5) is 4.39 Å². The molecule has 90 valence electrons. The molecule has 1 fully saturated rings. The van der Waals surface area contributed by atoms with Crippen LogP contribution in [-0.2, 0) is 10.2 Å². The average molecular weight is 237 g/mol. The van der Waals surface area contributed by atoms with Gasteiger partial charge in [-0.2, -0.15) is 0 Å². The molecule has 0 saturated carbocycles. The second-order valence-electron chi connectivity index (χ2n) is 4.54. The number of hydrogen-bond acceptors (Lipinski definition) is 3. The summed E-state index contributed by atoms with van der Waals surface area (Å²) in [5, 5.41) is 10.2. The lowest BCUT2D eigenvalue weighted by Crippen LogP contribution is -2.70. The van der Waals surface area contributed by atoms with Crippen molar-refractivity contribution in [2.24, 2.45) is 0 Å². The Balaban J connectivity index is 2.17. The second kappa shape index (κ2) is 3.20. The maximum atomic E-state index is 13.3. The summed E-state index contributed by atoms with van der Waals surface area (Å²) in [5.41, 5.74) is -0.267. The van der Waals surface area contributed by atoms with Crippen molar-refractivity contribution in [2.45, 2.75) is 24.8 Å². The largest absolute Gasteiger partial charge is 0.493 e. The third-order valence-electron chi connectivity index (χ3n) is 3.85. The molecule has 2 aliphatic rings. The molecule has 1 amide bonds. The van der Waals surface area contributed by atoms with E-state index in [4.69, 9.17) is 4.74 Å². The molecule has 5 heteroatoms. The zero-order chi connectivity index (χ0) is 12.2. The zero-order valence-electron chi connectivity index (χ0n) is 9.31. The Morgan fingerprint density at radius 2 is 2.35 bits per heavy atom. The van der Waals surface area contributed by atoms with Crippen molar-refractivity contribution in [3.63, 3.8) is 0 Å². The quantitative estimate of drug-likeness (QED) is 0.549. The van der Waals surface area contributed by atoms with Crippen LogP contribution in [0.3, 0.4) is 0 Å². The van der Waals surface area contributed by atoms with E-state index in [-0.39, 0.29) is 11.9 Å². The van der Waals surface area contributed by atoms with Crippen LogP contribution in [0.5, 0.6) is 5.75 Å². The van der Waals surface area contributed by atoms with E-state index in [1.807, 2.05) is 0 Å². The number of β-lactam (4-membered cyclic amide) rings is 1. The third-order valence-corrected chi connectivity index (χ3v) is 3.85. The van der Waals surface area contributed by atoms with Crippen molar-refractivity contribution >= 4 is 5.91 Å². The van der Waals surface area contributed by atoms with Gasteiger partial charge in [-0.3, -0.25) is 10.0 Å². The van der Waals surface area contributed by atoms with Crippen LogP contribution in [0.1, 0.15) is 18.9 Å². The number of benzene rings is 1. The molecule has 2 aliphatic heterocycles. The fraction of sp³-hybridized carbons (Fsp3) is 0.417. The lowest BCUT2D eigenvalue weighted by molar-refractivity contribution is -0.225. The fourth-order valence-electron chi connectivity index (χ4n) is 2.79. The minimum Gasteiger partial charge on any atom is -0.493 e. The Kier molecular flexibility index (Phi) is 1.98. The average Bonchev–Trinajstić information content (AvgIpc) is 2.36. The molecule has 2 atom stereocenters. The summed E-state index contributed by atoms with van der Waals surface area (Å²) in [6, 6.07) is 3.82. The van der Waals surface area contributed by atoms with Gasteiger partial charge in [-0.05, 0) is 25.1 Å². The minimum absolute atomic E-state index is 0.348. The highest BCUT2D eigenvalue weighted by molar-refractivity contribution is 5.95. The van der Waals surface area contributed by atoms with Gasteiger partial charge in [0.25, 0.3) is 5.91 Å². The van der Waals surface area contributed by atoms with Gasteiger partial charge in [-0.1, -0.05) is 0 Å². The molecular weight excluding hydrogens is 225 g/mol. The summed E-state index contributed by atoms with van der Waals surface area (Å²) in [4.78, 5) is 11.9. The summed E-state index contributed by atoms with van der Waals surface area (Å²) < 4.78 is 18.7. The monoisotopic (exact) mass is 237 g/mol. The zero-order valence-corrected chi connectivity index (χ0v) is 9.31. The summed E-state index contributed by atoms with van der Waals surface area (Å²) in [5.74, 6) is -0.240. The van der Waals surface area contributed by atoms with Crippen LogP contribution in [0, 0.1) is 5.82 Å². The van der Waals surface area contributed by atoms with E-state index in [0.29, 0.717) is 29.4 Å². The Labute approximate surface area is 97.6 Å². The van der Waals surface area contributed by atoms with E-state index >= 15 is 0 Å². The summed E-state index contributed by atoms with van der Waals surface area (Å²) in [7, 11) is 0. The molecule has 4 nitrogen and oxygen atoms in total. The van der Waals surface area contributed by atoms with Crippen LogP contribution in [-0.4, -0.2) is 28.8 Å². The topological polar surface area (TPSA) is 49.8 Å². The molecule has 2 heterocycles. The van der Waals surface area contributed by atoms with Crippen molar-refractivity contribution in [1.82, 2.24) is 5.06 Å². The van der Waals surface area contributed by atoms with Gasteiger partial charge in [0.05, 0.1) is 12.6 Å². The number of nitrogens with zero attached hydrogens (tertiary/aromatic N) is 1. The lowest BCUT2D eigenvalue weighted by atomic mass is 9.64. The Morgan fingerprint density at radius 3 is 3.06 bits per heavy atom. The number of carbonyl (C=O) groups excluding carboxylic acids is 1. The van der Waals surface area contributed by atoms with E-state index < -0.39 is 11.2 Å². The molecule has 0 radical (unpaired) electrons. The van der Waals surface area contributed by atoms with Crippen LogP contribution >= 0.6 is 0 Å². The van der Waals surface area contributed by atoms with Gasteiger partial charge in [0.2, 0.25) is 0 Å². The number of ether oxygens (including phenoxy) is 1. The Morgan fingerprint density at radius 1 is 1.59 bits per heavy atom. The number of hydrogen-bond donors (Lipinski definition) is 1. The molecule has 1 aromatic carbocycles. The van der Waals surface area contributed by atoms with Crippen LogP contribution in [0.25, 0.3) is 0 Å². The maximum absolute atomic E-state index is 13.3. The number of rotatable bonds is 0. The first kappa shape index (κ1) is 10.5. The van der Waals surface area contributed by atoms with E-state index in [0.717, 1.165) is 0 Å². The van der Waals surface area contributed by atoms with Gasteiger partial charge in [-0.25, -0.2) is 9.45 Å². The van der Waals surface area contributed by atoms with Gasteiger partial charge in [-0.15, -0.1) is 0 Å². The van der Waals surface area contributed by atoms with Gasteiger partial charge in [0, 0.05) is 12.0 Å². The molecule has 0 bridgehead atoms. The summed E-state index contributed by atoms with van der Waals surface area (Å²) in [6.07, 6.45) is 0.473. The van der Waals surface area contributed by atoms with E-state index in [2.05, 4.69) is 0 Å². The minimum atomic E-state index is -0.815. The number of halogens is 1. The number of amides is 1. The van der Waals surface area contributed by atoms with Crippen molar-refractivity contribution in [2.75, 3.05) is 6.61 Å². The maximum Gasteiger partial charge on any atom is 0.259 e. The van der Waals surface area contributed by atoms with Crippen molar-refractivity contribution in [3.8, 4) is 5.75 Å². The molecule has 3 rings (SSSR count). The Hall–Kier alpha value is -1.62. The predicted molar refractivity (Wildman–Crippen MR) is 56.3 cm³/mol. The second-order valence-corrected chi connectivity index (χ2v) is 4.54. The molecule has 1 spiro atoms. The Bertz CT molecular complexity index is 505. The summed E-state index contributed by atoms with van der Waals surface area (Å²) >= 11 is 0. The van der Waals surface area contributed by atoms with Crippen LogP contribution in [0.2, 0.25) is 0 Å². The first-order chi connectivity index (χ1) is 8.07. The first-order valence-electron chi connectivity index (χ1n) is 5.53. The van der Waals surface area contributed by atoms with Crippen molar-refractivity contribution < 1.29 is 19.1 Å². The summed E-state index contributed by atoms with van der Waals surface area (Å²) in [6.45, 7) is 2.16. The standard InChI is InChI=1S/C12H12FNO3/c1-7-12(11(15)14(7)16)4-5-17-10-3-2-8(13)6-9(10)12/h2-3,6-7,16H,4-5H2,1H3. The predicted octanol–water partition coefficient (Wildman–Crippen LogP) is 1.47. The van der Waals surface area contributed by atoms with Crippen molar-refractivity contribution in [1.29, 1.82) is 0 Å². The van der Waals surface area contributed by atoms with Crippen molar-refractivity contribution in [3.05, 3.63) is 29.6 Å². The lowest BCUT2D eigenvalue weighted by Gasteiger charge is -2.53.